The average Bonchev–Trinajstić information content (AvgIpc) is 2.43. The quantitative estimate of drug-likeness (QED) is 0.468. The van der Waals surface area contributed by atoms with Crippen LogP contribution < -0.4 is 0 Å². The molecule has 0 aliphatic heterocycles. The van der Waals surface area contributed by atoms with Gasteiger partial charge in [-0.1, -0.05) is 38.1 Å². The van der Waals surface area contributed by atoms with Gasteiger partial charge in [0.2, 0.25) is 0 Å². The Morgan fingerprint density at radius 2 is 2.10 bits per heavy atom. The standard InChI is InChI=1S/C17H19NO2/c1-4-20-16(19)14(11-18)12-9-10-17(2,3)15-8-6-5-7-13(12)15/h5-8H,4,9-10H2,1-3H3. The molecule has 0 spiro atoms. The van der Waals surface area contributed by atoms with Crippen LogP contribution in [0.4, 0.5) is 0 Å². The number of carbonyl (C=O) groups excluding carboxylic acids is 1. The molecule has 0 saturated carbocycles. The van der Waals surface area contributed by atoms with Crippen molar-refractivity contribution in [2.45, 2.75) is 39.0 Å². The number of hydrogen-bond acceptors (Lipinski definition) is 3. The Hall–Kier alpha value is -2.08. The molecule has 0 aromatic heterocycles. The summed E-state index contributed by atoms with van der Waals surface area (Å²) >= 11 is 0. The van der Waals surface area contributed by atoms with Crippen molar-refractivity contribution in [3.63, 3.8) is 0 Å². The molecule has 0 heterocycles. The normalized spacial score (nSPS) is 18.7. The van der Waals surface area contributed by atoms with Crippen LogP contribution in [-0.4, -0.2) is 12.6 Å². The maximum absolute atomic E-state index is 11.9. The Labute approximate surface area is 119 Å². The highest BCUT2D eigenvalue weighted by Gasteiger charge is 2.32. The van der Waals surface area contributed by atoms with Crippen LogP contribution in [0.5, 0.6) is 0 Å². The minimum absolute atomic E-state index is 0.0648. The third-order valence-electron chi connectivity index (χ3n) is 3.87. The Morgan fingerprint density at radius 3 is 2.75 bits per heavy atom. The fourth-order valence-corrected chi connectivity index (χ4v) is 2.74. The lowest BCUT2D eigenvalue weighted by atomic mass is 9.70. The first-order valence-electron chi connectivity index (χ1n) is 6.91. The van der Waals surface area contributed by atoms with Crippen LogP contribution in [0.1, 0.15) is 44.7 Å². The van der Waals surface area contributed by atoms with E-state index < -0.39 is 5.97 Å². The van der Waals surface area contributed by atoms with E-state index in [2.05, 4.69) is 19.9 Å². The number of rotatable bonds is 2. The smallest absolute Gasteiger partial charge is 0.349 e. The van der Waals surface area contributed by atoms with Gasteiger partial charge in [-0.3, -0.25) is 0 Å². The van der Waals surface area contributed by atoms with Crippen molar-refractivity contribution in [1.29, 1.82) is 5.26 Å². The van der Waals surface area contributed by atoms with Crippen molar-refractivity contribution < 1.29 is 9.53 Å². The number of esters is 1. The first-order valence-corrected chi connectivity index (χ1v) is 6.91. The molecule has 0 N–H and O–H groups in total. The van der Waals surface area contributed by atoms with E-state index in [1.807, 2.05) is 24.3 Å². The summed E-state index contributed by atoms with van der Waals surface area (Å²) < 4.78 is 5.00. The zero-order chi connectivity index (χ0) is 14.8. The summed E-state index contributed by atoms with van der Waals surface area (Å²) in [5.41, 5.74) is 3.23. The van der Waals surface area contributed by atoms with Gasteiger partial charge in [0.05, 0.1) is 6.61 Å². The minimum Gasteiger partial charge on any atom is -0.462 e. The maximum atomic E-state index is 11.9. The molecule has 0 unspecified atom stereocenters. The summed E-state index contributed by atoms with van der Waals surface area (Å²) in [4.78, 5) is 11.9. The van der Waals surface area contributed by atoms with Gasteiger partial charge in [-0.2, -0.15) is 5.26 Å². The third-order valence-corrected chi connectivity index (χ3v) is 3.87. The molecule has 0 amide bonds. The predicted octanol–water partition coefficient (Wildman–Crippen LogP) is 3.60. The molecular weight excluding hydrogens is 250 g/mol. The van der Waals surface area contributed by atoms with Gasteiger partial charge in [0, 0.05) is 0 Å². The molecule has 0 radical (unpaired) electrons. The number of benzene rings is 1. The van der Waals surface area contributed by atoms with E-state index in [1.165, 1.54) is 5.56 Å². The first-order chi connectivity index (χ1) is 9.51. The Bertz CT molecular complexity index is 606. The summed E-state index contributed by atoms with van der Waals surface area (Å²) in [6.45, 7) is 6.41. The van der Waals surface area contributed by atoms with Gasteiger partial charge in [-0.15, -0.1) is 0 Å². The van der Waals surface area contributed by atoms with E-state index in [4.69, 9.17) is 4.74 Å². The van der Waals surface area contributed by atoms with Gasteiger partial charge in [-0.25, -0.2) is 4.79 Å². The molecule has 3 nitrogen and oxygen atoms in total. The lowest BCUT2D eigenvalue weighted by Gasteiger charge is -2.34. The fourth-order valence-electron chi connectivity index (χ4n) is 2.74. The van der Waals surface area contributed by atoms with Crippen LogP contribution in [0.2, 0.25) is 0 Å². The van der Waals surface area contributed by atoms with Crippen molar-refractivity contribution in [3.05, 3.63) is 41.0 Å². The number of carbonyl (C=O) groups is 1. The molecule has 104 valence electrons. The second kappa shape index (κ2) is 5.50. The molecule has 0 bridgehead atoms. The van der Waals surface area contributed by atoms with Crippen LogP contribution in [-0.2, 0) is 14.9 Å². The number of ether oxygens (including phenoxy) is 1. The molecular formula is C17H19NO2. The summed E-state index contributed by atoms with van der Waals surface area (Å²) in [5.74, 6) is -0.514. The molecule has 1 aromatic carbocycles. The zero-order valence-electron chi connectivity index (χ0n) is 12.2. The maximum Gasteiger partial charge on any atom is 0.349 e. The number of allylic oxidation sites excluding steroid dienone is 1. The molecule has 20 heavy (non-hydrogen) atoms. The van der Waals surface area contributed by atoms with Crippen molar-refractivity contribution >= 4 is 11.5 Å². The molecule has 1 aliphatic rings. The Morgan fingerprint density at radius 1 is 1.40 bits per heavy atom. The molecule has 1 aliphatic carbocycles. The number of nitrogens with zero attached hydrogens (tertiary/aromatic N) is 1. The lowest BCUT2D eigenvalue weighted by molar-refractivity contribution is -0.137. The molecule has 0 saturated heterocycles. The summed E-state index contributed by atoms with van der Waals surface area (Å²) in [6.07, 6.45) is 1.65. The van der Waals surface area contributed by atoms with Crippen LogP contribution in [0, 0.1) is 11.3 Å². The molecule has 1 aromatic rings. The van der Waals surface area contributed by atoms with Gasteiger partial charge in [0.15, 0.2) is 0 Å². The first kappa shape index (κ1) is 14.3. The van der Waals surface area contributed by atoms with Crippen molar-refractivity contribution in [3.8, 4) is 6.07 Å². The van der Waals surface area contributed by atoms with E-state index >= 15 is 0 Å². The van der Waals surface area contributed by atoms with Crippen LogP contribution in [0.25, 0.3) is 5.57 Å². The van der Waals surface area contributed by atoms with Crippen LogP contribution >= 0.6 is 0 Å². The SMILES string of the molecule is CCOC(=O)C(C#N)=C1CCC(C)(C)c2ccccc21. The number of fused-ring (bicyclic) bond motifs is 1. The summed E-state index contributed by atoms with van der Waals surface area (Å²) in [7, 11) is 0. The number of hydrogen-bond donors (Lipinski definition) is 0. The molecule has 0 atom stereocenters. The fraction of sp³-hybridized carbons (Fsp3) is 0.412. The Kier molecular flexibility index (Phi) is 3.94. The minimum atomic E-state index is -0.514. The van der Waals surface area contributed by atoms with Crippen LogP contribution in [0.15, 0.2) is 29.8 Å². The van der Waals surface area contributed by atoms with Gasteiger partial charge in [0.1, 0.15) is 11.6 Å². The van der Waals surface area contributed by atoms with Crippen LogP contribution in [0.3, 0.4) is 0 Å². The third kappa shape index (κ3) is 2.46. The highest BCUT2D eigenvalue weighted by molar-refractivity contribution is 6.02. The van der Waals surface area contributed by atoms with Crippen molar-refractivity contribution in [1.82, 2.24) is 0 Å². The van der Waals surface area contributed by atoms with E-state index in [0.29, 0.717) is 0 Å². The average molecular weight is 269 g/mol. The highest BCUT2D eigenvalue weighted by atomic mass is 16.5. The molecule has 2 rings (SSSR count). The largest absolute Gasteiger partial charge is 0.462 e. The predicted molar refractivity (Wildman–Crippen MR) is 77.9 cm³/mol. The van der Waals surface area contributed by atoms with Crippen molar-refractivity contribution in [2.24, 2.45) is 0 Å². The van der Waals surface area contributed by atoms with Crippen molar-refractivity contribution in [2.75, 3.05) is 6.61 Å². The highest BCUT2D eigenvalue weighted by Crippen LogP contribution is 2.43. The van der Waals surface area contributed by atoms with Gasteiger partial charge >= 0.3 is 5.97 Å². The second-order valence-corrected chi connectivity index (χ2v) is 5.62. The van der Waals surface area contributed by atoms with E-state index in [-0.39, 0.29) is 17.6 Å². The second-order valence-electron chi connectivity index (χ2n) is 5.62. The molecule has 3 heteroatoms. The topological polar surface area (TPSA) is 50.1 Å². The summed E-state index contributed by atoms with van der Waals surface area (Å²) in [5, 5.41) is 9.32. The van der Waals surface area contributed by atoms with Gasteiger partial charge in [-0.05, 0) is 41.9 Å². The van der Waals surface area contributed by atoms with Gasteiger partial charge in [0.25, 0.3) is 0 Å². The van der Waals surface area contributed by atoms with E-state index in [9.17, 15) is 10.1 Å². The van der Waals surface area contributed by atoms with Gasteiger partial charge < -0.3 is 4.74 Å². The lowest BCUT2D eigenvalue weighted by Crippen LogP contribution is -2.24. The Balaban J connectivity index is 2.60. The number of nitriles is 1. The summed E-state index contributed by atoms with van der Waals surface area (Å²) in [6, 6.07) is 10.0. The van der Waals surface area contributed by atoms with E-state index in [0.717, 1.165) is 24.0 Å². The zero-order valence-corrected chi connectivity index (χ0v) is 12.2. The molecule has 0 fully saturated rings. The monoisotopic (exact) mass is 269 g/mol. The van der Waals surface area contributed by atoms with E-state index in [1.54, 1.807) is 6.92 Å².